The molecule has 11 aromatic rings. The third kappa shape index (κ3) is 8.95. The van der Waals surface area contributed by atoms with E-state index >= 15 is 0 Å². The van der Waals surface area contributed by atoms with Gasteiger partial charge in [0.05, 0.1) is 10.8 Å². The van der Waals surface area contributed by atoms with Gasteiger partial charge in [-0.15, -0.1) is 0 Å². The summed E-state index contributed by atoms with van der Waals surface area (Å²) < 4.78 is 0. The third-order valence-corrected chi connectivity index (χ3v) is 18.0. The Morgan fingerprint density at radius 1 is 0.229 bits per heavy atom. The summed E-state index contributed by atoms with van der Waals surface area (Å²) in [7, 11) is 0. The molecule has 0 radical (unpaired) electrons. The molecule has 0 aliphatic carbocycles. The number of nitrogens with zero attached hydrogens (tertiary/aromatic N) is 2. The fourth-order valence-corrected chi connectivity index (χ4v) is 13.8. The maximum Gasteiger partial charge on any atom is 0.252 e. The number of benzene rings is 11. The maximum atomic E-state index is 2.60. The van der Waals surface area contributed by atoms with Gasteiger partial charge in [-0.05, 0) is 142 Å². The van der Waals surface area contributed by atoms with Crippen molar-refractivity contribution < 1.29 is 0 Å². The van der Waals surface area contributed by atoms with Crippen LogP contribution >= 0.6 is 0 Å². The van der Waals surface area contributed by atoms with E-state index in [4.69, 9.17) is 0 Å². The molecule has 0 bridgehead atoms. The van der Waals surface area contributed by atoms with E-state index < -0.39 is 10.8 Å². The summed E-state index contributed by atoms with van der Waals surface area (Å²) in [6.07, 6.45) is 0. The quantitative estimate of drug-likeness (QED) is 0.0995. The third-order valence-electron chi connectivity index (χ3n) is 18.0. The largest absolute Gasteiger partial charge is 0.311 e. The zero-order chi connectivity index (χ0) is 57.3. The Morgan fingerprint density at radius 2 is 0.470 bits per heavy atom. The molecule has 2 aliphatic heterocycles. The molecular formula is C80H73BN2. The van der Waals surface area contributed by atoms with Gasteiger partial charge in [-0.3, -0.25) is 0 Å². The lowest BCUT2D eigenvalue weighted by molar-refractivity contribution is 0.590. The van der Waals surface area contributed by atoms with Gasteiger partial charge in [-0.25, -0.2) is 0 Å². The summed E-state index contributed by atoms with van der Waals surface area (Å²) in [5.74, 6) is 0. The van der Waals surface area contributed by atoms with Crippen molar-refractivity contribution in [3.8, 4) is 0 Å². The first-order chi connectivity index (χ1) is 40.1. The van der Waals surface area contributed by atoms with Crippen molar-refractivity contribution in [1.82, 2.24) is 0 Å². The van der Waals surface area contributed by atoms with Crippen LogP contribution in [-0.4, -0.2) is 6.71 Å². The Balaban J connectivity index is 1.07. The minimum atomic E-state index is -0.576. The molecule has 0 aromatic heterocycles. The van der Waals surface area contributed by atoms with Crippen LogP contribution < -0.4 is 26.2 Å². The molecule has 13 rings (SSSR count). The predicted molar refractivity (Wildman–Crippen MR) is 353 cm³/mol. The van der Waals surface area contributed by atoms with Gasteiger partial charge in [0, 0.05) is 34.1 Å². The predicted octanol–water partition coefficient (Wildman–Crippen LogP) is 18.4. The van der Waals surface area contributed by atoms with E-state index in [-0.39, 0.29) is 23.0 Å². The maximum absolute atomic E-state index is 2.60. The van der Waals surface area contributed by atoms with E-state index in [1.54, 1.807) is 0 Å². The fraction of sp³-hybridized carbons (Fsp3) is 0.175. The van der Waals surface area contributed by atoms with E-state index in [2.05, 4.69) is 351 Å². The molecule has 3 heteroatoms. The van der Waals surface area contributed by atoms with Crippen molar-refractivity contribution in [2.24, 2.45) is 0 Å². The summed E-state index contributed by atoms with van der Waals surface area (Å²) in [6, 6.07) is 105. The summed E-state index contributed by atoms with van der Waals surface area (Å²) in [4.78, 5) is 5.19. The Hall–Kier alpha value is -8.92. The first kappa shape index (κ1) is 53.4. The standard InChI is InChI=1S/C80H73BN2/c1-76(2,3)64-44-50-71-69(52-64)81-70-53-65(77(4,5)6)45-51-72(70)83(68-48-42-63(43-49-68)80(59-34-22-13-23-35-59,60-36-24-14-25-37-60)61-38-26-15-27-39-61)74-55-66(78(7,8)9)54-73(75(74)81)82(71)67-46-40-62(41-47-67)79(56-28-16-10-17-29-56,57-30-18-11-19-31-57)58-32-20-12-21-33-58/h10-55H,1-9H3. The molecule has 11 aromatic carbocycles. The normalized spacial score (nSPS) is 13.3. The monoisotopic (exact) mass is 1070 g/mol. The van der Waals surface area contributed by atoms with E-state index in [0.717, 1.165) is 11.4 Å². The Labute approximate surface area is 493 Å². The highest BCUT2D eigenvalue weighted by atomic mass is 15.2. The first-order valence-electron chi connectivity index (χ1n) is 29.7. The second kappa shape index (κ2) is 20.5. The van der Waals surface area contributed by atoms with Crippen molar-refractivity contribution in [1.29, 1.82) is 0 Å². The molecule has 0 N–H and O–H groups in total. The zero-order valence-corrected chi connectivity index (χ0v) is 49.5. The highest BCUT2D eigenvalue weighted by Crippen LogP contribution is 2.51. The molecule has 406 valence electrons. The summed E-state index contributed by atoms with van der Waals surface area (Å²) in [5, 5.41) is 0. The van der Waals surface area contributed by atoms with Crippen LogP contribution in [0, 0.1) is 0 Å². The SMILES string of the molecule is CC(C)(C)c1ccc2c(c1)B1c3cc(C(C)(C)C)ccc3N(c3ccc(C(c4ccccc4)(c4ccccc4)c4ccccc4)cc3)c3cc(C(C)(C)C)cc(c31)N2c1ccc(C(c2ccccc2)(c2ccccc2)c2ccccc2)cc1. The van der Waals surface area contributed by atoms with Crippen LogP contribution in [0.15, 0.2) is 279 Å². The molecule has 2 nitrogen and oxygen atoms in total. The number of anilines is 6. The molecule has 0 amide bonds. The molecule has 83 heavy (non-hydrogen) atoms. The molecule has 0 saturated carbocycles. The van der Waals surface area contributed by atoms with Crippen LogP contribution in [0.1, 0.15) is 124 Å². The fourth-order valence-electron chi connectivity index (χ4n) is 13.8. The minimum absolute atomic E-state index is 0.0431. The number of hydrogen-bond acceptors (Lipinski definition) is 2. The second-order valence-corrected chi connectivity index (χ2v) is 26.1. The van der Waals surface area contributed by atoms with Gasteiger partial charge in [0.25, 0.3) is 6.71 Å². The van der Waals surface area contributed by atoms with Crippen LogP contribution in [0.5, 0.6) is 0 Å². The average Bonchev–Trinajstić information content (AvgIpc) is 1.92. The van der Waals surface area contributed by atoms with Gasteiger partial charge in [0.1, 0.15) is 0 Å². The van der Waals surface area contributed by atoms with Crippen molar-refractivity contribution in [2.45, 2.75) is 89.4 Å². The van der Waals surface area contributed by atoms with E-state index in [1.807, 2.05) is 0 Å². The molecule has 2 heterocycles. The summed E-state index contributed by atoms with van der Waals surface area (Å²) >= 11 is 0. The lowest BCUT2D eigenvalue weighted by atomic mass is 9.33. The van der Waals surface area contributed by atoms with Gasteiger partial charge in [-0.1, -0.05) is 293 Å². The number of rotatable bonds is 10. The molecular weight excluding hydrogens is 1000 g/mol. The van der Waals surface area contributed by atoms with Gasteiger partial charge in [-0.2, -0.15) is 0 Å². The molecule has 0 fully saturated rings. The lowest BCUT2D eigenvalue weighted by Crippen LogP contribution is -2.61. The van der Waals surface area contributed by atoms with Crippen LogP contribution in [-0.2, 0) is 27.1 Å². The average molecular weight is 1070 g/mol. The zero-order valence-electron chi connectivity index (χ0n) is 49.5. The molecule has 2 aliphatic rings. The molecule has 0 unspecified atom stereocenters. The smallest absolute Gasteiger partial charge is 0.252 e. The van der Waals surface area contributed by atoms with E-state index in [0.29, 0.717) is 0 Å². The van der Waals surface area contributed by atoms with Crippen LogP contribution in [0.3, 0.4) is 0 Å². The summed E-state index contributed by atoms with van der Waals surface area (Å²) in [5.41, 5.74) is 23.3. The number of fused-ring (bicyclic) bond motifs is 4. The topological polar surface area (TPSA) is 6.48 Å². The summed E-state index contributed by atoms with van der Waals surface area (Å²) in [6.45, 7) is 21.1. The van der Waals surface area contributed by atoms with Crippen molar-refractivity contribution in [2.75, 3.05) is 9.80 Å². The van der Waals surface area contributed by atoms with Gasteiger partial charge < -0.3 is 9.80 Å². The molecule has 0 saturated heterocycles. The lowest BCUT2D eigenvalue weighted by Gasteiger charge is -2.46. The van der Waals surface area contributed by atoms with E-state index in [1.165, 1.54) is 100 Å². The molecule has 0 spiro atoms. The second-order valence-electron chi connectivity index (χ2n) is 26.1. The number of hydrogen-bond donors (Lipinski definition) is 0. The Kier molecular flexibility index (Phi) is 13.2. The van der Waals surface area contributed by atoms with E-state index in [9.17, 15) is 0 Å². The van der Waals surface area contributed by atoms with Crippen molar-refractivity contribution in [3.05, 3.63) is 340 Å². The first-order valence-corrected chi connectivity index (χ1v) is 29.7. The van der Waals surface area contributed by atoms with Gasteiger partial charge in [0.2, 0.25) is 0 Å². The van der Waals surface area contributed by atoms with Gasteiger partial charge >= 0.3 is 0 Å². The minimum Gasteiger partial charge on any atom is -0.311 e. The van der Waals surface area contributed by atoms with Crippen LogP contribution in [0.2, 0.25) is 0 Å². The Bertz CT molecular complexity index is 3650. The van der Waals surface area contributed by atoms with Crippen LogP contribution in [0.25, 0.3) is 0 Å². The van der Waals surface area contributed by atoms with Crippen molar-refractivity contribution in [3.63, 3.8) is 0 Å². The van der Waals surface area contributed by atoms with Gasteiger partial charge in [0.15, 0.2) is 0 Å². The Morgan fingerprint density at radius 3 is 0.723 bits per heavy atom. The highest BCUT2D eigenvalue weighted by Gasteiger charge is 2.46. The molecule has 0 atom stereocenters. The van der Waals surface area contributed by atoms with Crippen LogP contribution in [0.4, 0.5) is 34.1 Å². The highest BCUT2D eigenvalue weighted by molar-refractivity contribution is 7.00. The van der Waals surface area contributed by atoms with Crippen molar-refractivity contribution >= 4 is 57.2 Å².